The van der Waals surface area contributed by atoms with Gasteiger partial charge < -0.3 is 19.6 Å². The van der Waals surface area contributed by atoms with Gasteiger partial charge in [-0.15, -0.1) is 0 Å². The number of nitrogens with zero attached hydrogens (tertiary/aromatic N) is 2. The summed E-state index contributed by atoms with van der Waals surface area (Å²) in [6, 6.07) is 14.4. The van der Waals surface area contributed by atoms with E-state index in [1.165, 1.54) is 17.2 Å². The highest BCUT2D eigenvalue weighted by molar-refractivity contribution is 5.88. The van der Waals surface area contributed by atoms with E-state index in [0.29, 0.717) is 6.61 Å². The van der Waals surface area contributed by atoms with Gasteiger partial charge in [0.2, 0.25) is 5.91 Å². The van der Waals surface area contributed by atoms with Gasteiger partial charge in [-0.2, -0.15) is 0 Å². The summed E-state index contributed by atoms with van der Waals surface area (Å²) in [6.07, 6.45) is 3.57. The van der Waals surface area contributed by atoms with Crippen LogP contribution in [0.15, 0.2) is 42.5 Å². The molecule has 1 heterocycles. The smallest absolute Gasteiger partial charge is 0.323 e. The van der Waals surface area contributed by atoms with Crippen LogP contribution in [0.3, 0.4) is 0 Å². The van der Waals surface area contributed by atoms with Crippen LogP contribution in [0, 0.1) is 0 Å². The number of carbonyl (C=O) groups is 2. The first kappa shape index (κ1) is 21.1. The van der Waals surface area contributed by atoms with Gasteiger partial charge in [0.15, 0.2) is 0 Å². The second kappa shape index (κ2) is 10.3. The third-order valence-electron chi connectivity index (χ3n) is 5.57. The zero-order chi connectivity index (χ0) is 20.6. The normalized spacial score (nSPS) is 17.6. The van der Waals surface area contributed by atoms with Crippen molar-refractivity contribution in [1.29, 1.82) is 0 Å². The minimum Gasteiger partial charge on any atom is -0.493 e. The Bertz CT molecular complexity index is 833. The van der Waals surface area contributed by atoms with E-state index >= 15 is 0 Å². The van der Waals surface area contributed by atoms with E-state index in [9.17, 15) is 9.59 Å². The molecule has 1 aliphatic heterocycles. The van der Waals surface area contributed by atoms with E-state index < -0.39 is 5.97 Å². The molecule has 1 aliphatic rings. The Morgan fingerprint density at radius 3 is 2.72 bits per heavy atom. The number of carbonyl (C=O) groups excluding carboxylic acids is 1. The van der Waals surface area contributed by atoms with Crippen molar-refractivity contribution in [3.8, 4) is 5.75 Å². The number of rotatable bonds is 8. The zero-order valence-corrected chi connectivity index (χ0v) is 17.0. The van der Waals surface area contributed by atoms with Gasteiger partial charge in [-0.1, -0.05) is 36.4 Å². The van der Waals surface area contributed by atoms with Gasteiger partial charge in [-0.3, -0.25) is 9.59 Å². The number of hydrogen-bond donors (Lipinski definition) is 1. The summed E-state index contributed by atoms with van der Waals surface area (Å²) in [4.78, 5) is 26.8. The average Bonchev–Trinajstić information content (AvgIpc) is 2.95. The predicted molar refractivity (Wildman–Crippen MR) is 113 cm³/mol. The third-order valence-corrected chi connectivity index (χ3v) is 5.57. The van der Waals surface area contributed by atoms with Crippen LogP contribution in [-0.2, 0) is 9.59 Å². The highest BCUT2D eigenvalue weighted by Gasteiger charge is 2.25. The lowest BCUT2D eigenvalue weighted by Crippen LogP contribution is -2.42. The van der Waals surface area contributed by atoms with Crippen molar-refractivity contribution in [2.45, 2.75) is 38.6 Å². The zero-order valence-electron chi connectivity index (χ0n) is 17.0. The first-order valence-corrected chi connectivity index (χ1v) is 10.4. The number of amides is 1. The standard InChI is InChI=1S/C23H30N2O4/c1-18(26)25(17-23(27)28)20-9-5-13-24(15-12-20)14-6-16-29-22-11-4-8-19-7-2-3-10-21(19)22/h2-4,7-8,10-11,20H,5-6,9,12-17H2,1H3,(H,27,28). The number of ether oxygens (including phenoxy) is 1. The molecule has 2 aromatic rings. The summed E-state index contributed by atoms with van der Waals surface area (Å²) >= 11 is 0. The van der Waals surface area contributed by atoms with E-state index in [-0.39, 0.29) is 18.5 Å². The molecule has 29 heavy (non-hydrogen) atoms. The number of likely N-dealkylation sites (tertiary alicyclic amines) is 1. The molecular weight excluding hydrogens is 368 g/mol. The molecule has 1 fully saturated rings. The van der Waals surface area contributed by atoms with Gasteiger partial charge in [0.25, 0.3) is 0 Å². The summed E-state index contributed by atoms with van der Waals surface area (Å²) in [5, 5.41) is 11.4. The number of carboxylic acid groups (broad SMARTS) is 1. The minimum atomic E-state index is -0.952. The molecule has 0 saturated carbocycles. The summed E-state index contributed by atoms with van der Waals surface area (Å²) in [5.74, 6) is -0.189. The highest BCUT2D eigenvalue weighted by Crippen LogP contribution is 2.25. The first-order valence-electron chi connectivity index (χ1n) is 10.4. The van der Waals surface area contributed by atoms with Gasteiger partial charge in [0.1, 0.15) is 12.3 Å². The van der Waals surface area contributed by atoms with Crippen LogP contribution >= 0.6 is 0 Å². The largest absolute Gasteiger partial charge is 0.493 e. The minimum absolute atomic E-state index is 0.0144. The molecule has 6 nitrogen and oxygen atoms in total. The van der Waals surface area contributed by atoms with E-state index in [0.717, 1.165) is 56.5 Å². The van der Waals surface area contributed by atoms with E-state index in [4.69, 9.17) is 9.84 Å². The van der Waals surface area contributed by atoms with Crippen LogP contribution < -0.4 is 4.74 Å². The molecule has 1 N–H and O–H groups in total. The fourth-order valence-electron chi connectivity index (χ4n) is 4.11. The average molecular weight is 399 g/mol. The number of fused-ring (bicyclic) bond motifs is 1. The second-order valence-corrected chi connectivity index (χ2v) is 7.65. The van der Waals surface area contributed by atoms with Crippen molar-refractivity contribution in [2.24, 2.45) is 0 Å². The Kier molecular flexibility index (Phi) is 7.47. The summed E-state index contributed by atoms with van der Waals surface area (Å²) in [6.45, 7) is 4.70. The van der Waals surface area contributed by atoms with Gasteiger partial charge in [0.05, 0.1) is 6.61 Å². The lowest BCUT2D eigenvalue weighted by molar-refractivity contribution is -0.145. The molecule has 2 aromatic carbocycles. The SMILES string of the molecule is CC(=O)N(CC(=O)O)C1CCCN(CCCOc2cccc3ccccc23)CC1. The molecule has 1 atom stereocenters. The Labute approximate surface area is 172 Å². The highest BCUT2D eigenvalue weighted by atomic mass is 16.5. The number of carboxylic acids is 1. The van der Waals surface area contributed by atoms with Crippen molar-refractivity contribution >= 4 is 22.6 Å². The van der Waals surface area contributed by atoms with Crippen molar-refractivity contribution in [3.05, 3.63) is 42.5 Å². The Morgan fingerprint density at radius 2 is 1.93 bits per heavy atom. The molecule has 1 unspecified atom stereocenters. The number of benzene rings is 2. The van der Waals surface area contributed by atoms with Crippen LogP contribution in [-0.4, -0.2) is 65.6 Å². The van der Waals surface area contributed by atoms with E-state index in [1.807, 2.05) is 24.3 Å². The topological polar surface area (TPSA) is 70.1 Å². The Hall–Kier alpha value is -2.60. The van der Waals surface area contributed by atoms with Gasteiger partial charge in [-0.05, 0) is 43.7 Å². The maximum Gasteiger partial charge on any atom is 0.323 e. The summed E-state index contributed by atoms with van der Waals surface area (Å²) in [7, 11) is 0. The molecular formula is C23H30N2O4. The second-order valence-electron chi connectivity index (χ2n) is 7.65. The predicted octanol–water partition coefficient (Wildman–Crippen LogP) is 3.40. The van der Waals surface area contributed by atoms with Crippen LogP contribution in [0.5, 0.6) is 5.75 Å². The molecule has 0 aliphatic carbocycles. The van der Waals surface area contributed by atoms with Crippen molar-refractivity contribution in [3.63, 3.8) is 0 Å². The molecule has 0 radical (unpaired) electrons. The van der Waals surface area contributed by atoms with Crippen molar-refractivity contribution in [1.82, 2.24) is 9.80 Å². The number of aliphatic carboxylic acids is 1. The summed E-state index contributed by atoms with van der Waals surface area (Å²) in [5.41, 5.74) is 0. The number of hydrogen-bond acceptors (Lipinski definition) is 4. The molecule has 0 aromatic heterocycles. The molecule has 1 saturated heterocycles. The Balaban J connectivity index is 1.46. The summed E-state index contributed by atoms with van der Waals surface area (Å²) < 4.78 is 6.03. The fraction of sp³-hybridized carbons (Fsp3) is 0.478. The van der Waals surface area contributed by atoms with Gasteiger partial charge in [-0.25, -0.2) is 0 Å². The lowest BCUT2D eigenvalue weighted by Gasteiger charge is -2.29. The van der Waals surface area contributed by atoms with Crippen LogP contribution in [0.25, 0.3) is 10.8 Å². The van der Waals surface area contributed by atoms with Gasteiger partial charge in [0, 0.05) is 31.4 Å². The van der Waals surface area contributed by atoms with Crippen LogP contribution in [0.4, 0.5) is 0 Å². The quantitative estimate of drug-likeness (QED) is 0.690. The van der Waals surface area contributed by atoms with Crippen molar-refractivity contribution in [2.75, 3.05) is 32.8 Å². The maximum absolute atomic E-state index is 11.8. The molecule has 6 heteroatoms. The lowest BCUT2D eigenvalue weighted by atomic mass is 10.1. The Morgan fingerprint density at radius 1 is 1.14 bits per heavy atom. The van der Waals surface area contributed by atoms with E-state index in [2.05, 4.69) is 23.1 Å². The van der Waals surface area contributed by atoms with Crippen LogP contribution in [0.1, 0.15) is 32.6 Å². The third kappa shape index (κ3) is 5.94. The fourth-order valence-corrected chi connectivity index (χ4v) is 4.11. The molecule has 3 rings (SSSR count). The van der Waals surface area contributed by atoms with E-state index in [1.54, 1.807) is 0 Å². The molecule has 0 bridgehead atoms. The molecule has 0 spiro atoms. The molecule has 156 valence electrons. The monoisotopic (exact) mass is 398 g/mol. The first-order chi connectivity index (χ1) is 14.0. The molecule has 1 amide bonds. The maximum atomic E-state index is 11.8. The van der Waals surface area contributed by atoms with Crippen molar-refractivity contribution < 1.29 is 19.4 Å². The van der Waals surface area contributed by atoms with Gasteiger partial charge >= 0.3 is 5.97 Å². The van der Waals surface area contributed by atoms with Crippen LogP contribution in [0.2, 0.25) is 0 Å².